The standard InChI is InChI=1S/C50H39N3/c1-50(2)45-20-12-11-19-43(45)44-26-24-37(31-46(44)50)48-51-47(36-23-25-42-35(27-36)22-21-34-17-9-10-18-41(34)42)52-49(53-48)40-29-38(32-13-5-3-6-14-32)28-39(30-40)33-15-7-4-8-16-33/h3,5-7,9-31,49H,4,8H2,1-2H3,(H,51,52,53). The Morgan fingerprint density at radius 1 is 0.528 bits per heavy atom. The van der Waals surface area contributed by atoms with Gasteiger partial charge in [0.2, 0.25) is 0 Å². The second-order valence-electron chi connectivity index (χ2n) is 15.0. The minimum Gasteiger partial charge on any atom is -0.324 e. The topological polar surface area (TPSA) is 36.8 Å². The molecule has 2 aliphatic carbocycles. The lowest BCUT2D eigenvalue weighted by molar-refractivity contribution is 0.660. The molecule has 7 aromatic carbocycles. The number of rotatable bonds is 5. The second kappa shape index (κ2) is 12.4. The van der Waals surface area contributed by atoms with Crippen LogP contribution in [0.15, 0.2) is 174 Å². The number of nitrogens with zero attached hydrogens (tertiary/aromatic N) is 2. The van der Waals surface area contributed by atoms with Crippen molar-refractivity contribution in [3.8, 4) is 22.3 Å². The molecule has 0 saturated heterocycles. The summed E-state index contributed by atoms with van der Waals surface area (Å²) >= 11 is 0. The molecule has 1 heterocycles. The number of amidine groups is 2. The third-order valence-electron chi connectivity index (χ3n) is 11.3. The Morgan fingerprint density at radius 2 is 1.23 bits per heavy atom. The third kappa shape index (κ3) is 5.43. The summed E-state index contributed by atoms with van der Waals surface area (Å²) in [6.45, 7) is 4.66. The zero-order valence-corrected chi connectivity index (χ0v) is 30.0. The number of hydrogen-bond donors (Lipinski definition) is 1. The van der Waals surface area contributed by atoms with Crippen molar-refractivity contribution in [1.82, 2.24) is 5.32 Å². The summed E-state index contributed by atoms with van der Waals surface area (Å²) in [6, 6.07) is 52.9. The van der Waals surface area contributed by atoms with Crippen molar-refractivity contribution >= 4 is 38.8 Å². The van der Waals surface area contributed by atoms with E-state index >= 15 is 0 Å². The van der Waals surface area contributed by atoms with Crippen molar-refractivity contribution < 1.29 is 0 Å². The van der Waals surface area contributed by atoms with Gasteiger partial charge in [-0.2, -0.15) is 0 Å². The molecule has 254 valence electrons. The van der Waals surface area contributed by atoms with Crippen LogP contribution in [0.2, 0.25) is 0 Å². The molecule has 1 unspecified atom stereocenters. The molecule has 7 aromatic rings. The average molecular weight is 682 g/mol. The summed E-state index contributed by atoms with van der Waals surface area (Å²) in [5.41, 5.74) is 13.1. The first-order valence-corrected chi connectivity index (χ1v) is 18.7. The van der Waals surface area contributed by atoms with E-state index in [1.807, 2.05) is 0 Å². The predicted octanol–water partition coefficient (Wildman–Crippen LogP) is 12.2. The smallest absolute Gasteiger partial charge is 0.169 e. The highest BCUT2D eigenvalue weighted by atomic mass is 15.2. The molecular formula is C50H39N3. The highest BCUT2D eigenvalue weighted by Crippen LogP contribution is 2.49. The van der Waals surface area contributed by atoms with Crippen LogP contribution >= 0.6 is 0 Å². The maximum atomic E-state index is 5.43. The number of nitrogens with one attached hydrogen (secondary N) is 1. The van der Waals surface area contributed by atoms with Crippen molar-refractivity contribution in [2.24, 2.45) is 9.98 Å². The molecule has 0 amide bonds. The van der Waals surface area contributed by atoms with Gasteiger partial charge < -0.3 is 5.32 Å². The lowest BCUT2D eigenvalue weighted by Gasteiger charge is -2.25. The van der Waals surface area contributed by atoms with Gasteiger partial charge in [0.25, 0.3) is 0 Å². The molecule has 1 aliphatic heterocycles. The fraction of sp³-hybridized carbons (Fsp3) is 0.120. The number of fused-ring (bicyclic) bond motifs is 6. The van der Waals surface area contributed by atoms with Gasteiger partial charge in [0.1, 0.15) is 11.7 Å². The Labute approximate surface area is 310 Å². The minimum absolute atomic E-state index is 0.116. The Kier molecular flexibility index (Phi) is 7.36. The molecule has 3 nitrogen and oxygen atoms in total. The molecule has 53 heavy (non-hydrogen) atoms. The van der Waals surface area contributed by atoms with E-state index in [4.69, 9.17) is 9.98 Å². The van der Waals surface area contributed by atoms with Crippen LogP contribution in [0, 0.1) is 0 Å². The number of aliphatic imine (C=N–C) groups is 2. The van der Waals surface area contributed by atoms with Crippen molar-refractivity contribution in [3.63, 3.8) is 0 Å². The van der Waals surface area contributed by atoms with Crippen LogP contribution in [0.4, 0.5) is 0 Å². The molecule has 0 aromatic heterocycles. The number of allylic oxidation sites excluding steroid dienone is 4. The van der Waals surface area contributed by atoms with Gasteiger partial charge in [-0.05, 0) is 115 Å². The van der Waals surface area contributed by atoms with Crippen LogP contribution in [0.5, 0.6) is 0 Å². The summed E-state index contributed by atoms with van der Waals surface area (Å²) in [5, 5.41) is 8.66. The maximum absolute atomic E-state index is 5.43. The Morgan fingerprint density at radius 3 is 2.08 bits per heavy atom. The normalized spacial score (nSPS) is 17.1. The van der Waals surface area contributed by atoms with Gasteiger partial charge in [-0.1, -0.05) is 147 Å². The Bertz CT molecular complexity index is 2730. The van der Waals surface area contributed by atoms with E-state index in [1.54, 1.807) is 0 Å². The van der Waals surface area contributed by atoms with Gasteiger partial charge in [-0.15, -0.1) is 0 Å². The van der Waals surface area contributed by atoms with E-state index in [0.29, 0.717) is 0 Å². The van der Waals surface area contributed by atoms with Crippen LogP contribution in [-0.4, -0.2) is 11.7 Å². The highest BCUT2D eigenvalue weighted by molar-refractivity contribution is 6.18. The molecule has 0 radical (unpaired) electrons. The fourth-order valence-electron chi connectivity index (χ4n) is 8.50. The zero-order chi connectivity index (χ0) is 35.5. The van der Waals surface area contributed by atoms with E-state index in [2.05, 4.69) is 183 Å². The first kappa shape index (κ1) is 31.4. The number of hydrogen-bond acceptors (Lipinski definition) is 3. The molecule has 0 fully saturated rings. The molecule has 3 heteroatoms. The van der Waals surface area contributed by atoms with Crippen LogP contribution in [0.3, 0.4) is 0 Å². The molecule has 0 bridgehead atoms. The summed E-state index contributed by atoms with van der Waals surface area (Å²) in [7, 11) is 0. The fourth-order valence-corrected chi connectivity index (χ4v) is 8.50. The van der Waals surface area contributed by atoms with Gasteiger partial charge in [0.05, 0.1) is 0 Å². The Balaban J connectivity index is 1.14. The molecule has 1 N–H and O–H groups in total. The van der Waals surface area contributed by atoms with Crippen molar-refractivity contribution in [1.29, 1.82) is 0 Å². The quantitative estimate of drug-likeness (QED) is 0.180. The van der Waals surface area contributed by atoms with Crippen LogP contribution < -0.4 is 5.32 Å². The second-order valence-corrected chi connectivity index (χ2v) is 15.0. The first-order valence-electron chi connectivity index (χ1n) is 18.7. The van der Waals surface area contributed by atoms with Crippen molar-refractivity contribution in [2.75, 3.05) is 0 Å². The lowest BCUT2D eigenvalue weighted by Crippen LogP contribution is -2.36. The van der Waals surface area contributed by atoms with Crippen molar-refractivity contribution in [2.45, 2.75) is 38.3 Å². The molecule has 1 atom stereocenters. The predicted molar refractivity (Wildman–Crippen MR) is 223 cm³/mol. The van der Waals surface area contributed by atoms with E-state index in [9.17, 15) is 0 Å². The first-order chi connectivity index (χ1) is 26.0. The van der Waals surface area contributed by atoms with E-state index in [1.165, 1.54) is 66.1 Å². The largest absolute Gasteiger partial charge is 0.324 e. The highest BCUT2D eigenvalue weighted by Gasteiger charge is 2.36. The molecule has 0 spiro atoms. The van der Waals surface area contributed by atoms with E-state index in [0.717, 1.165) is 41.2 Å². The van der Waals surface area contributed by atoms with Gasteiger partial charge in [-0.25, -0.2) is 9.98 Å². The van der Waals surface area contributed by atoms with Crippen LogP contribution in [0.25, 0.3) is 49.4 Å². The van der Waals surface area contributed by atoms with Crippen molar-refractivity contribution in [3.05, 3.63) is 197 Å². The van der Waals surface area contributed by atoms with Gasteiger partial charge in [0.15, 0.2) is 6.17 Å². The van der Waals surface area contributed by atoms with E-state index < -0.39 is 6.17 Å². The maximum Gasteiger partial charge on any atom is 0.169 e. The number of benzene rings is 7. The summed E-state index contributed by atoms with van der Waals surface area (Å²) in [4.78, 5) is 10.8. The summed E-state index contributed by atoms with van der Waals surface area (Å²) in [5.74, 6) is 1.65. The average Bonchev–Trinajstić information content (AvgIpc) is 3.46. The van der Waals surface area contributed by atoms with Crippen LogP contribution in [-0.2, 0) is 5.41 Å². The van der Waals surface area contributed by atoms with Gasteiger partial charge in [0, 0.05) is 16.5 Å². The third-order valence-corrected chi connectivity index (χ3v) is 11.3. The van der Waals surface area contributed by atoms with Crippen LogP contribution in [0.1, 0.15) is 66.2 Å². The van der Waals surface area contributed by atoms with Gasteiger partial charge in [-0.3, -0.25) is 0 Å². The SMILES string of the molecule is CC1(C)c2ccccc2-c2ccc(C3=NC(c4cc(C5=CCCC=C5)cc(-c5ccccc5)c4)N=C(c4ccc5c(ccc6ccccc65)c4)N3)cc21. The summed E-state index contributed by atoms with van der Waals surface area (Å²) < 4.78 is 0. The Hall–Kier alpha value is -6.32. The molecule has 3 aliphatic rings. The summed E-state index contributed by atoms with van der Waals surface area (Å²) in [6.07, 6.45) is 8.56. The molecular weight excluding hydrogens is 643 g/mol. The van der Waals surface area contributed by atoms with E-state index in [-0.39, 0.29) is 5.41 Å². The van der Waals surface area contributed by atoms with Gasteiger partial charge >= 0.3 is 0 Å². The molecule has 10 rings (SSSR count). The monoisotopic (exact) mass is 681 g/mol. The zero-order valence-electron chi connectivity index (χ0n) is 30.0. The minimum atomic E-state index is -0.442. The molecule has 0 saturated carbocycles. The lowest BCUT2D eigenvalue weighted by atomic mass is 9.82.